The molecule has 18 heavy (non-hydrogen) atoms. The summed E-state index contributed by atoms with van der Waals surface area (Å²) in [5.41, 5.74) is 8.63. The number of nitrogens with two attached hydrogens (primary N) is 1. The molecule has 1 amide bonds. The molecule has 6 nitrogen and oxygen atoms in total. The van der Waals surface area contributed by atoms with Gasteiger partial charge in [-0.1, -0.05) is 11.6 Å². The highest BCUT2D eigenvalue weighted by molar-refractivity contribution is 6.25. The summed E-state index contributed by atoms with van der Waals surface area (Å²) in [5, 5.41) is 2.48. The van der Waals surface area contributed by atoms with Crippen molar-refractivity contribution in [2.75, 3.05) is 13.6 Å². The number of carbonyl (C=O) groups excluding carboxylic acids is 1. The Hall–Kier alpha value is -1.53. The third-order valence-electron chi connectivity index (χ3n) is 3.03. The summed E-state index contributed by atoms with van der Waals surface area (Å²) >= 11 is 5.41. The van der Waals surface area contributed by atoms with Gasteiger partial charge in [0, 0.05) is 37.8 Å². The monoisotopic (exact) mass is 269 g/mol. The maximum Gasteiger partial charge on any atom is 0.292 e. The van der Waals surface area contributed by atoms with Crippen LogP contribution in [-0.4, -0.2) is 34.0 Å². The molecule has 0 radical (unpaired) electrons. The van der Waals surface area contributed by atoms with Crippen molar-refractivity contribution in [3.8, 4) is 0 Å². The number of imidazole rings is 1. The van der Waals surface area contributed by atoms with Crippen LogP contribution in [0.4, 0.5) is 0 Å². The average molecular weight is 270 g/mol. The number of carbonyl (C=O) groups is 1. The van der Waals surface area contributed by atoms with Crippen LogP contribution < -0.4 is 11.1 Å². The number of aromatic nitrogens is 2. The van der Waals surface area contributed by atoms with E-state index >= 15 is 0 Å². The van der Waals surface area contributed by atoms with Crippen molar-refractivity contribution in [3.05, 3.63) is 28.6 Å². The minimum absolute atomic E-state index is 0.111. The fraction of sp³-hybridized carbons (Fsp3) is 0.455. The van der Waals surface area contributed by atoms with Crippen molar-refractivity contribution in [3.63, 3.8) is 0 Å². The number of halogens is 1. The SMILES string of the molecule is CN1CCc2c(nc(C(=O)N/C(N)=C\Cl)n2C)C1. The van der Waals surface area contributed by atoms with Crippen LogP contribution in [0.1, 0.15) is 22.0 Å². The van der Waals surface area contributed by atoms with Crippen molar-refractivity contribution in [2.45, 2.75) is 13.0 Å². The van der Waals surface area contributed by atoms with Gasteiger partial charge in [-0.3, -0.25) is 4.79 Å². The van der Waals surface area contributed by atoms with Crippen LogP contribution in [-0.2, 0) is 20.0 Å². The first kappa shape index (κ1) is 12.9. The zero-order valence-corrected chi connectivity index (χ0v) is 11.2. The molecule has 2 rings (SSSR count). The lowest BCUT2D eigenvalue weighted by Crippen LogP contribution is -2.29. The minimum atomic E-state index is -0.344. The van der Waals surface area contributed by atoms with Crippen LogP contribution in [0.25, 0.3) is 0 Å². The summed E-state index contributed by atoms with van der Waals surface area (Å²) in [7, 11) is 3.87. The van der Waals surface area contributed by atoms with Crippen molar-refractivity contribution in [2.24, 2.45) is 12.8 Å². The standard InChI is InChI=1S/C11H16ClN5O/c1-16-4-3-8-7(6-16)14-10(17(8)2)11(18)15-9(13)5-12/h5H,3-4,6,13H2,1-2H3,(H,15,18)/b9-5-. The smallest absolute Gasteiger partial charge is 0.292 e. The predicted molar refractivity (Wildman–Crippen MR) is 68.8 cm³/mol. The molecule has 7 heteroatoms. The van der Waals surface area contributed by atoms with E-state index in [1.807, 2.05) is 18.7 Å². The lowest BCUT2D eigenvalue weighted by atomic mass is 10.1. The first-order valence-corrected chi connectivity index (χ1v) is 6.06. The molecule has 0 aliphatic carbocycles. The Kier molecular flexibility index (Phi) is 3.58. The molecular formula is C11H16ClN5O. The van der Waals surface area contributed by atoms with Crippen LogP contribution in [0.15, 0.2) is 11.4 Å². The molecule has 0 spiro atoms. The molecule has 1 aliphatic rings. The van der Waals surface area contributed by atoms with E-state index in [2.05, 4.69) is 15.2 Å². The van der Waals surface area contributed by atoms with Gasteiger partial charge in [-0.15, -0.1) is 0 Å². The molecule has 98 valence electrons. The van der Waals surface area contributed by atoms with Crippen LogP contribution in [0.2, 0.25) is 0 Å². The normalized spacial score (nSPS) is 16.5. The van der Waals surface area contributed by atoms with E-state index in [-0.39, 0.29) is 11.7 Å². The van der Waals surface area contributed by atoms with E-state index in [9.17, 15) is 4.79 Å². The number of hydrogen-bond acceptors (Lipinski definition) is 4. The molecule has 2 heterocycles. The highest BCUT2D eigenvalue weighted by Crippen LogP contribution is 2.18. The van der Waals surface area contributed by atoms with Gasteiger partial charge in [-0.05, 0) is 7.05 Å². The van der Waals surface area contributed by atoms with Gasteiger partial charge in [0.25, 0.3) is 5.91 Å². The summed E-state index contributed by atoms with van der Waals surface area (Å²) in [5.74, 6) is 0.125. The third-order valence-corrected chi connectivity index (χ3v) is 3.26. The van der Waals surface area contributed by atoms with E-state index in [4.69, 9.17) is 17.3 Å². The molecule has 0 aromatic carbocycles. The highest BCUT2D eigenvalue weighted by atomic mass is 35.5. The van der Waals surface area contributed by atoms with E-state index < -0.39 is 0 Å². The zero-order chi connectivity index (χ0) is 13.3. The van der Waals surface area contributed by atoms with Gasteiger partial charge >= 0.3 is 0 Å². The summed E-state index contributed by atoms with van der Waals surface area (Å²) in [6, 6.07) is 0. The fourth-order valence-corrected chi connectivity index (χ4v) is 2.13. The second kappa shape index (κ2) is 4.99. The Balaban J connectivity index is 2.27. The van der Waals surface area contributed by atoms with Crippen LogP contribution >= 0.6 is 11.6 Å². The number of nitrogens with one attached hydrogen (secondary N) is 1. The molecule has 0 bridgehead atoms. The van der Waals surface area contributed by atoms with E-state index in [1.54, 1.807) is 0 Å². The molecular weight excluding hydrogens is 254 g/mol. The predicted octanol–water partition coefficient (Wildman–Crippen LogP) is 0.134. The van der Waals surface area contributed by atoms with Crippen LogP contribution in [0, 0.1) is 0 Å². The molecule has 0 unspecified atom stereocenters. The Morgan fingerprint density at radius 1 is 1.56 bits per heavy atom. The lowest BCUT2D eigenvalue weighted by molar-refractivity contribution is 0.0952. The van der Waals surface area contributed by atoms with Crippen LogP contribution in [0.3, 0.4) is 0 Å². The molecule has 1 aromatic heterocycles. The summed E-state index contributed by atoms with van der Waals surface area (Å²) in [6.07, 6.45) is 0.892. The summed E-state index contributed by atoms with van der Waals surface area (Å²) in [4.78, 5) is 18.5. The minimum Gasteiger partial charge on any atom is -0.384 e. The van der Waals surface area contributed by atoms with Crippen molar-refractivity contribution < 1.29 is 4.79 Å². The number of rotatable bonds is 2. The second-order valence-electron chi connectivity index (χ2n) is 4.39. The maximum absolute atomic E-state index is 11.9. The summed E-state index contributed by atoms with van der Waals surface area (Å²) < 4.78 is 1.82. The van der Waals surface area contributed by atoms with E-state index in [1.165, 1.54) is 0 Å². The molecule has 1 aromatic rings. The number of fused-ring (bicyclic) bond motifs is 1. The summed E-state index contributed by atoms with van der Waals surface area (Å²) in [6.45, 7) is 1.73. The Morgan fingerprint density at radius 2 is 2.28 bits per heavy atom. The first-order chi connectivity index (χ1) is 8.52. The third kappa shape index (κ3) is 2.34. The average Bonchev–Trinajstić information content (AvgIpc) is 2.66. The molecule has 3 N–H and O–H groups in total. The maximum atomic E-state index is 11.9. The van der Waals surface area contributed by atoms with Gasteiger partial charge in [0.15, 0.2) is 5.82 Å². The number of likely N-dealkylation sites (N-methyl/N-ethyl adjacent to an activating group) is 1. The van der Waals surface area contributed by atoms with Gasteiger partial charge in [-0.25, -0.2) is 4.98 Å². The van der Waals surface area contributed by atoms with Crippen molar-refractivity contribution in [1.29, 1.82) is 0 Å². The Morgan fingerprint density at radius 3 is 2.94 bits per heavy atom. The van der Waals surface area contributed by atoms with Gasteiger partial charge in [-0.2, -0.15) is 0 Å². The molecule has 1 aliphatic heterocycles. The largest absolute Gasteiger partial charge is 0.384 e. The van der Waals surface area contributed by atoms with Gasteiger partial charge in [0.1, 0.15) is 5.82 Å². The van der Waals surface area contributed by atoms with Gasteiger partial charge in [0.2, 0.25) is 0 Å². The second-order valence-corrected chi connectivity index (χ2v) is 4.61. The van der Waals surface area contributed by atoms with E-state index in [0.29, 0.717) is 5.82 Å². The molecule has 0 atom stereocenters. The quantitative estimate of drug-likeness (QED) is 0.800. The lowest BCUT2D eigenvalue weighted by Gasteiger charge is -2.21. The molecule has 0 saturated carbocycles. The topological polar surface area (TPSA) is 76.2 Å². The van der Waals surface area contributed by atoms with Crippen molar-refractivity contribution >= 4 is 17.5 Å². The number of amides is 1. The number of nitrogens with zero attached hydrogens (tertiary/aromatic N) is 3. The van der Waals surface area contributed by atoms with Crippen molar-refractivity contribution in [1.82, 2.24) is 19.8 Å². The first-order valence-electron chi connectivity index (χ1n) is 5.63. The highest BCUT2D eigenvalue weighted by Gasteiger charge is 2.23. The molecule has 0 fully saturated rings. The fourth-order valence-electron chi connectivity index (χ4n) is 2.08. The zero-order valence-electron chi connectivity index (χ0n) is 10.4. The molecule has 0 saturated heterocycles. The Bertz CT molecular complexity index is 508. The van der Waals surface area contributed by atoms with E-state index in [0.717, 1.165) is 36.4 Å². The Labute approximate surface area is 110 Å². The van der Waals surface area contributed by atoms with Gasteiger partial charge in [0.05, 0.1) is 5.69 Å². The van der Waals surface area contributed by atoms with Crippen LogP contribution in [0.5, 0.6) is 0 Å². The number of hydrogen-bond donors (Lipinski definition) is 2. The van der Waals surface area contributed by atoms with Gasteiger partial charge < -0.3 is 20.5 Å².